The minimum atomic E-state index is -0.352. The lowest BCUT2D eigenvalue weighted by Gasteiger charge is -2.37. The van der Waals surface area contributed by atoms with Crippen molar-refractivity contribution in [3.8, 4) is 0 Å². The Bertz CT molecular complexity index is 718. The Kier molecular flexibility index (Phi) is 32.3. The first-order valence-corrected chi connectivity index (χ1v) is 21.3. The van der Waals surface area contributed by atoms with Gasteiger partial charge in [-0.25, -0.2) is 0 Å². The molecule has 5 nitrogen and oxygen atoms in total. The SMILES string of the molecule is CCCCCCCCCCCCCCCCCCCC(=O)OCC(CC)(COC(=O)CCCCCCCCCCCCC)C[N+](C)(C)C. The maximum Gasteiger partial charge on any atom is 0.305 e. The molecule has 0 aromatic heterocycles. The predicted octanol–water partition coefficient (Wildman–Crippen LogP) is 12.9. The van der Waals surface area contributed by atoms with E-state index >= 15 is 0 Å². The third-order valence-corrected chi connectivity index (χ3v) is 10.1. The van der Waals surface area contributed by atoms with Gasteiger partial charge < -0.3 is 14.0 Å². The Labute approximate surface area is 301 Å². The van der Waals surface area contributed by atoms with Crippen LogP contribution in [0.2, 0.25) is 0 Å². The Morgan fingerprint density at radius 3 is 0.896 bits per heavy atom. The highest BCUT2D eigenvalue weighted by Crippen LogP contribution is 2.27. The van der Waals surface area contributed by atoms with Gasteiger partial charge in [0.2, 0.25) is 0 Å². The highest BCUT2D eigenvalue weighted by molar-refractivity contribution is 5.69. The average Bonchev–Trinajstić information content (AvgIpc) is 3.05. The van der Waals surface area contributed by atoms with Crippen molar-refractivity contribution < 1.29 is 23.5 Å². The maximum atomic E-state index is 12.7. The summed E-state index contributed by atoms with van der Waals surface area (Å²) in [6, 6.07) is 0. The van der Waals surface area contributed by atoms with E-state index in [1.54, 1.807) is 0 Å². The number of unbranched alkanes of at least 4 members (excludes halogenated alkanes) is 26. The van der Waals surface area contributed by atoms with E-state index in [-0.39, 0.29) is 17.4 Å². The van der Waals surface area contributed by atoms with E-state index in [1.807, 2.05) is 0 Å². The first-order chi connectivity index (χ1) is 23.2. The number of hydrogen-bond donors (Lipinski definition) is 0. The van der Waals surface area contributed by atoms with E-state index in [4.69, 9.17) is 9.47 Å². The molecule has 0 rings (SSSR count). The molecular weight excluding hydrogens is 594 g/mol. The van der Waals surface area contributed by atoms with E-state index in [0.29, 0.717) is 26.1 Å². The normalized spacial score (nSPS) is 13.0. The van der Waals surface area contributed by atoms with Gasteiger partial charge in [0.05, 0.1) is 33.1 Å². The van der Waals surface area contributed by atoms with Gasteiger partial charge in [-0.05, 0) is 19.3 Å². The number of ether oxygens (including phenoxy) is 2. The van der Waals surface area contributed by atoms with Crippen molar-refractivity contribution in [1.82, 2.24) is 0 Å². The molecule has 5 heteroatoms. The summed E-state index contributed by atoms with van der Waals surface area (Å²) >= 11 is 0. The van der Waals surface area contributed by atoms with Crippen molar-refractivity contribution in [3.63, 3.8) is 0 Å². The van der Waals surface area contributed by atoms with Crippen LogP contribution >= 0.6 is 0 Å². The first-order valence-electron chi connectivity index (χ1n) is 21.3. The fourth-order valence-corrected chi connectivity index (χ4v) is 6.99. The Morgan fingerprint density at radius 2 is 0.667 bits per heavy atom. The van der Waals surface area contributed by atoms with Crippen LogP contribution in [0.5, 0.6) is 0 Å². The smallest absolute Gasteiger partial charge is 0.305 e. The van der Waals surface area contributed by atoms with Gasteiger partial charge in [-0.2, -0.15) is 0 Å². The average molecular weight is 681 g/mol. The van der Waals surface area contributed by atoms with Crippen LogP contribution in [-0.2, 0) is 19.1 Å². The number of hydrogen-bond acceptors (Lipinski definition) is 4. The third kappa shape index (κ3) is 32.1. The van der Waals surface area contributed by atoms with Crippen LogP contribution in [0.4, 0.5) is 0 Å². The molecule has 0 aliphatic carbocycles. The zero-order valence-corrected chi connectivity index (χ0v) is 33.6. The third-order valence-electron chi connectivity index (χ3n) is 10.1. The van der Waals surface area contributed by atoms with Crippen molar-refractivity contribution >= 4 is 11.9 Å². The van der Waals surface area contributed by atoms with Crippen LogP contribution in [-0.4, -0.2) is 57.3 Å². The van der Waals surface area contributed by atoms with Gasteiger partial charge in [0, 0.05) is 12.8 Å². The van der Waals surface area contributed by atoms with Crippen molar-refractivity contribution in [3.05, 3.63) is 0 Å². The predicted molar refractivity (Wildman–Crippen MR) is 207 cm³/mol. The highest BCUT2D eigenvalue weighted by atomic mass is 16.5. The van der Waals surface area contributed by atoms with Gasteiger partial charge in [0.25, 0.3) is 0 Å². The van der Waals surface area contributed by atoms with E-state index < -0.39 is 0 Å². The second kappa shape index (κ2) is 33.1. The summed E-state index contributed by atoms with van der Waals surface area (Å²) in [6.45, 7) is 8.11. The lowest BCUT2D eigenvalue weighted by atomic mass is 9.85. The summed E-state index contributed by atoms with van der Waals surface area (Å²) in [5, 5.41) is 0. The lowest BCUT2D eigenvalue weighted by Crippen LogP contribution is -2.49. The van der Waals surface area contributed by atoms with E-state index in [0.717, 1.165) is 43.1 Å². The summed E-state index contributed by atoms with van der Waals surface area (Å²) in [4.78, 5) is 25.3. The van der Waals surface area contributed by atoms with Crippen molar-refractivity contribution in [2.45, 2.75) is 220 Å². The zero-order chi connectivity index (χ0) is 35.6. The number of esters is 2. The van der Waals surface area contributed by atoms with Gasteiger partial charge in [-0.15, -0.1) is 0 Å². The lowest BCUT2D eigenvalue weighted by molar-refractivity contribution is -0.877. The Hall–Kier alpha value is -1.10. The molecule has 0 bridgehead atoms. The molecule has 0 aromatic carbocycles. The molecule has 0 aromatic rings. The van der Waals surface area contributed by atoms with Crippen LogP contribution in [0.15, 0.2) is 0 Å². The number of carbonyl (C=O) groups excluding carboxylic acids is 2. The topological polar surface area (TPSA) is 52.6 Å². The summed E-state index contributed by atoms with van der Waals surface area (Å²) in [5.74, 6) is -0.220. The number of carbonyl (C=O) groups is 2. The molecule has 0 aliphatic rings. The largest absolute Gasteiger partial charge is 0.465 e. The molecule has 1 atom stereocenters. The van der Waals surface area contributed by atoms with Crippen LogP contribution < -0.4 is 0 Å². The summed E-state index contributed by atoms with van der Waals surface area (Å²) in [7, 11) is 6.45. The van der Waals surface area contributed by atoms with Crippen molar-refractivity contribution in [2.24, 2.45) is 5.41 Å². The molecule has 0 aliphatic heterocycles. The van der Waals surface area contributed by atoms with Gasteiger partial charge in [0.15, 0.2) is 0 Å². The second-order valence-corrected chi connectivity index (χ2v) is 16.3. The maximum absolute atomic E-state index is 12.7. The van der Waals surface area contributed by atoms with Crippen LogP contribution in [0, 0.1) is 5.41 Å². The highest BCUT2D eigenvalue weighted by Gasteiger charge is 2.37. The minimum Gasteiger partial charge on any atom is -0.465 e. The van der Waals surface area contributed by atoms with E-state index in [1.165, 1.54) is 154 Å². The molecule has 0 heterocycles. The van der Waals surface area contributed by atoms with Gasteiger partial charge in [-0.1, -0.05) is 188 Å². The molecule has 0 saturated heterocycles. The molecule has 0 saturated carbocycles. The second-order valence-electron chi connectivity index (χ2n) is 16.3. The molecule has 0 fully saturated rings. The quantitative estimate of drug-likeness (QED) is 0.0372. The molecule has 286 valence electrons. The van der Waals surface area contributed by atoms with Gasteiger partial charge >= 0.3 is 11.9 Å². The standard InChI is InChI=1S/C43H86NO4/c1-7-10-12-14-16-18-20-21-22-23-24-25-27-29-31-33-35-37-42(46)48-40-43(9-3,38-44(4,5)6)39-47-41(45)36-34-32-30-28-26-19-17-15-13-11-8-2/h7-40H2,1-6H3/q+1. The molecule has 0 N–H and O–H groups in total. The van der Waals surface area contributed by atoms with E-state index in [9.17, 15) is 9.59 Å². The summed E-state index contributed by atoms with van der Waals surface area (Å²) in [5.41, 5.74) is -0.352. The Morgan fingerprint density at radius 1 is 0.417 bits per heavy atom. The van der Waals surface area contributed by atoms with Crippen molar-refractivity contribution in [1.29, 1.82) is 0 Å². The van der Waals surface area contributed by atoms with Gasteiger partial charge in [-0.3, -0.25) is 9.59 Å². The van der Waals surface area contributed by atoms with Crippen LogP contribution in [0.1, 0.15) is 220 Å². The first kappa shape index (κ1) is 46.9. The number of quaternary nitrogens is 1. The molecule has 0 amide bonds. The zero-order valence-electron chi connectivity index (χ0n) is 33.6. The van der Waals surface area contributed by atoms with Crippen molar-refractivity contribution in [2.75, 3.05) is 40.9 Å². The number of nitrogens with zero attached hydrogens (tertiary/aromatic N) is 1. The van der Waals surface area contributed by atoms with Gasteiger partial charge in [0.1, 0.15) is 13.2 Å². The number of rotatable bonds is 37. The molecule has 0 spiro atoms. The molecule has 0 radical (unpaired) electrons. The van der Waals surface area contributed by atoms with E-state index in [2.05, 4.69) is 41.9 Å². The molecule has 1 unspecified atom stereocenters. The summed E-state index contributed by atoms with van der Waals surface area (Å²) < 4.78 is 12.4. The Balaban J connectivity index is 4.05. The molecular formula is C43H86NO4+. The fraction of sp³-hybridized carbons (Fsp3) is 0.953. The fourth-order valence-electron chi connectivity index (χ4n) is 6.99. The summed E-state index contributed by atoms with van der Waals surface area (Å²) in [6.07, 6.45) is 38.4. The van der Waals surface area contributed by atoms with Crippen LogP contribution in [0.25, 0.3) is 0 Å². The van der Waals surface area contributed by atoms with Crippen LogP contribution in [0.3, 0.4) is 0 Å². The monoisotopic (exact) mass is 681 g/mol. The molecule has 48 heavy (non-hydrogen) atoms. The minimum absolute atomic E-state index is 0.109.